The van der Waals surface area contributed by atoms with E-state index in [1.807, 2.05) is 0 Å². The maximum atomic E-state index is 10.5. The molecule has 0 rings (SSSR count). The van der Waals surface area contributed by atoms with Crippen molar-refractivity contribution in [2.24, 2.45) is 5.41 Å². The Balaban J connectivity index is 4.08. The molecule has 0 aliphatic rings. The SMILES string of the molecule is CC(CCl)(CCCl)C(=O)O. The van der Waals surface area contributed by atoms with Crippen LogP contribution in [0.5, 0.6) is 0 Å². The van der Waals surface area contributed by atoms with E-state index in [0.717, 1.165) is 0 Å². The molecule has 0 saturated heterocycles. The second-order valence-electron chi connectivity index (χ2n) is 2.44. The third kappa shape index (κ3) is 2.35. The van der Waals surface area contributed by atoms with Gasteiger partial charge < -0.3 is 5.11 Å². The van der Waals surface area contributed by atoms with Gasteiger partial charge in [0, 0.05) is 11.8 Å². The molecular formula is C6H10Cl2O2. The number of hydrogen-bond donors (Lipinski definition) is 1. The lowest BCUT2D eigenvalue weighted by molar-refractivity contribution is -0.146. The molecule has 0 fully saturated rings. The highest BCUT2D eigenvalue weighted by Crippen LogP contribution is 2.23. The molecule has 0 bridgehead atoms. The number of rotatable bonds is 4. The van der Waals surface area contributed by atoms with Crippen molar-refractivity contribution in [2.45, 2.75) is 13.3 Å². The summed E-state index contributed by atoms with van der Waals surface area (Å²) in [4.78, 5) is 10.5. The van der Waals surface area contributed by atoms with Crippen LogP contribution in [0.3, 0.4) is 0 Å². The highest BCUT2D eigenvalue weighted by molar-refractivity contribution is 6.20. The van der Waals surface area contributed by atoms with Gasteiger partial charge in [0.1, 0.15) is 0 Å². The van der Waals surface area contributed by atoms with Crippen molar-refractivity contribution >= 4 is 29.2 Å². The molecule has 0 aliphatic heterocycles. The van der Waals surface area contributed by atoms with E-state index >= 15 is 0 Å². The van der Waals surface area contributed by atoms with Crippen molar-refractivity contribution in [3.8, 4) is 0 Å². The minimum absolute atomic E-state index is 0.106. The van der Waals surface area contributed by atoms with Crippen LogP contribution in [0.25, 0.3) is 0 Å². The van der Waals surface area contributed by atoms with E-state index in [9.17, 15) is 4.79 Å². The first-order valence-electron chi connectivity index (χ1n) is 2.92. The molecular weight excluding hydrogens is 175 g/mol. The normalized spacial score (nSPS) is 16.3. The van der Waals surface area contributed by atoms with Gasteiger partial charge in [-0.05, 0) is 13.3 Å². The van der Waals surface area contributed by atoms with Gasteiger partial charge in [0.25, 0.3) is 0 Å². The first-order chi connectivity index (χ1) is 4.56. The Kier molecular flexibility index (Phi) is 4.06. The molecule has 1 atom stereocenters. The number of carboxylic acids is 1. The molecule has 0 amide bonds. The standard InChI is InChI=1S/C6H10Cl2O2/c1-6(4-8,2-3-7)5(9)10/h2-4H2,1H3,(H,9,10). The molecule has 60 valence electrons. The average molecular weight is 185 g/mol. The lowest BCUT2D eigenvalue weighted by Crippen LogP contribution is -2.29. The number of halogens is 2. The smallest absolute Gasteiger partial charge is 0.310 e. The highest BCUT2D eigenvalue weighted by atomic mass is 35.5. The van der Waals surface area contributed by atoms with Crippen LogP contribution in [-0.4, -0.2) is 22.8 Å². The molecule has 0 aromatic carbocycles. The van der Waals surface area contributed by atoms with Gasteiger partial charge in [-0.2, -0.15) is 0 Å². The molecule has 1 unspecified atom stereocenters. The molecule has 1 N–H and O–H groups in total. The Bertz CT molecular complexity index is 127. The van der Waals surface area contributed by atoms with Crippen LogP contribution in [0.2, 0.25) is 0 Å². The lowest BCUT2D eigenvalue weighted by Gasteiger charge is -2.19. The summed E-state index contributed by atoms with van der Waals surface area (Å²) in [5.74, 6) is -0.451. The minimum Gasteiger partial charge on any atom is -0.481 e. The number of alkyl halides is 2. The number of carboxylic acid groups (broad SMARTS) is 1. The van der Waals surface area contributed by atoms with Gasteiger partial charge in [-0.1, -0.05) is 0 Å². The second-order valence-corrected chi connectivity index (χ2v) is 3.08. The minimum atomic E-state index is -0.886. The summed E-state index contributed by atoms with van der Waals surface area (Å²) in [6, 6.07) is 0. The highest BCUT2D eigenvalue weighted by Gasteiger charge is 2.31. The predicted octanol–water partition coefficient (Wildman–Crippen LogP) is 1.95. The fraction of sp³-hybridized carbons (Fsp3) is 0.833. The first-order valence-corrected chi connectivity index (χ1v) is 3.99. The van der Waals surface area contributed by atoms with Crippen LogP contribution >= 0.6 is 23.2 Å². The largest absolute Gasteiger partial charge is 0.481 e. The maximum Gasteiger partial charge on any atom is 0.310 e. The van der Waals surface area contributed by atoms with Crippen molar-refractivity contribution in [1.29, 1.82) is 0 Å². The van der Waals surface area contributed by atoms with Gasteiger partial charge in [-0.25, -0.2) is 0 Å². The summed E-state index contributed by atoms with van der Waals surface area (Å²) in [6.07, 6.45) is 0.410. The van der Waals surface area contributed by atoms with E-state index in [1.54, 1.807) is 6.92 Å². The fourth-order valence-electron chi connectivity index (χ4n) is 0.439. The van der Waals surface area contributed by atoms with E-state index < -0.39 is 11.4 Å². The van der Waals surface area contributed by atoms with Gasteiger partial charge in [0.2, 0.25) is 0 Å². The molecule has 0 radical (unpaired) electrons. The zero-order chi connectivity index (χ0) is 8.20. The molecule has 0 saturated carbocycles. The zero-order valence-corrected chi connectivity index (χ0v) is 7.24. The van der Waals surface area contributed by atoms with E-state index in [2.05, 4.69) is 0 Å². The molecule has 0 aromatic rings. The molecule has 2 nitrogen and oxygen atoms in total. The van der Waals surface area contributed by atoms with Crippen LogP contribution in [0.4, 0.5) is 0 Å². The monoisotopic (exact) mass is 184 g/mol. The summed E-state index contributed by atoms with van der Waals surface area (Å²) in [7, 11) is 0. The molecule has 0 heterocycles. The lowest BCUT2D eigenvalue weighted by atomic mass is 9.90. The average Bonchev–Trinajstić information content (AvgIpc) is 1.88. The Morgan fingerprint density at radius 3 is 2.20 bits per heavy atom. The van der Waals surface area contributed by atoms with Crippen molar-refractivity contribution in [3.05, 3.63) is 0 Å². The Hall–Kier alpha value is 0.0500. The van der Waals surface area contributed by atoms with Gasteiger partial charge in [0.15, 0.2) is 0 Å². The number of hydrogen-bond acceptors (Lipinski definition) is 1. The summed E-state index contributed by atoms with van der Waals surface area (Å²) in [5.41, 5.74) is -0.858. The summed E-state index contributed by atoms with van der Waals surface area (Å²) < 4.78 is 0. The van der Waals surface area contributed by atoms with Crippen molar-refractivity contribution in [1.82, 2.24) is 0 Å². The van der Waals surface area contributed by atoms with Crippen LogP contribution in [0.1, 0.15) is 13.3 Å². The summed E-state index contributed by atoms with van der Waals surface area (Å²) in [5, 5.41) is 8.62. The van der Waals surface area contributed by atoms with Crippen LogP contribution in [0.15, 0.2) is 0 Å². The second kappa shape index (κ2) is 4.04. The number of aliphatic carboxylic acids is 1. The Morgan fingerprint density at radius 1 is 1.60 bits per heavy atom. The fourth-order valence-corrected chi connectivity index (χ4v) is 1.10. The molecule has 10 heavy (non-hydrogen) atoms. The predicted molar refractivity (Wildman–Crippen MR) is 41.8 cm³/mol. The van der Waals surface area contributed by atoms with Gasteiger partial charge in [0.05, 0.1) is 5.41 Å². The third-order valence-corrected chi connectivity index (χ3v) is 2.24. The van der Waals surface area contributed by atoms with Gasteiger partial charge >= 0.3 is 5.97 Å². The first kappa shape index (κ1) is 10.0. The van der Waals surface area contributed by atoms with Crippen molar-refractivity contribution in [2.75, 3.05) is 11.8 Å². The van der Waals surface area contributed by atoms with E-state index in [-0.39, 0.29) is 5.88 Å². The quantitative estimate of drug-likeness (QED) is 0.679. The molecule has 4 heteroatoms. The molecule has 0 spiro atoms. The van der Waals surface area contributed by atoms with Gasteiger partial charge in [-0.15, -0.1) is 23.2 Å². The summed E-state index contributed by atoms with van der Waals surface area (Å²) in [6.45, 7) is 1.59. The zero-order valence-electron chi connectivity index (χ0n) is 5.73. The van der Waals surface area contributed by atoms with Crippen LogP contribution in [0, 0.1) is 5.41 Å². The van der Waals surface area contributed by atoms with Crippen LogP contribution in [-0.2, 0) is 4.79 Å². The Labute approximate surface area is 70.1 Å². The van der Waals surface area contributed by atoms with E-state index in [1.165, 1.54) is 0 Å². The third-order valence-electron chi connectivity index (χ3n) is 1.46. The topological polar surface area (TPSA) is 37.3 Å². The maximum absolute atomic E-state index is 10.5. The number of carbonyl (C=O) groups is 1. The van der Waals surface area contributed by atoms with Gasteiger partial charge in [-0.3, -0.25) is 4.79 Å². The Morgan fingerprint density at radius 2 is 2.10 bits per heavy atom. The van der Waals surface area contributed by atoms with E-state index in [4.69, 9.17) is 28.3 Å². The van der Waals surface area contributed by atoms with Crippen LogP contribution < -0.4 is 0 Å². The summed E-state index contributed by atoms with van der Waals surface area (Å²) >= 11 is 10.8. The van der Waals surface area contributed by atoms with Crippen molar-refractivity contribution < 1.29 is 9.90 Å². The van der Waals surface area contributed by atoms with E-state index in [0.29, 0.717) is 12.3 Å². The molecule has 0 aliphatic carbocycles. The van der Waals surface area contributed by atoms with Crippen molar-refractivity contribution in [3.63, 3.8) is 0 Å². The molecule has 0 aromatic heterocycles.